The molecule has 0 saturated heterocycles. The topological polar surface area (TPSA) is 56.2 Å². The highest BCUT2D eigenvalue weighted by Gasteiger charge is 2.15. The zero-order valence-corrected chi connectivity index (χ0v) is 10.3. The van der Waals surface area contributed by atoms with Gasteiger partial charge in [-0.2, -0.15) is 0 Å². The molecule has 0 radical (unpaired) electrons. The van der Waals surface area contributed by atoms with Gasteiger partial charge in [0.15, 0.2) is 5.82 Å². The fourth-order valence-electron chi connectivity index (χ4n) is 1.91. The van der Waals surface area contributed by atoms with E-state index in [1.54, 1.807) is 18.2 Å². The average molecular weight is 262 g/mol. The Morgan fingerprint density at radius 3 is 2.89 bits per heavy atom. The molecule has 4 nitrogen and oxygen atoms in total. The van der Waals surface area contributed by atoms with E-state index in [4.69, 9.17) is 5.73 Å². The van der Waals surface area contributed by atoms with Gasteiger partial charge in [0.1, 0.15) is 5.82 Å². The van der Waals surface area contributed by atoms with E-state index in [2.05, 4.69) is 10.2 Å². The number of hydrogen-bond acceptors (Lipinski definition) is 4. The Labute approximate surface area is 107 Å². The van der Waals surface area contributed by atoms with Crippen molar-refractivity contribution in [3.63, 3.8) is 0 Å². The van der Waals surface area contributed by atoms with Crippen molar-refractivity contribution in [2.45, 2.75) is 6.42 Å². The van der Waals surface area contributed by atoms with Gasteiger partial charge in [-0.05, 0) is 18.7 Å². The number of benzene rings is 1. The van der Waals surface area contributed by atoms with E-state index in [-0.39, 0.29) is 5.82 Å². The number of hydrogen-bond donors (Lipinski definition) is 1. The van der Waals surface area contributed by atoms with Crippen molar-refractivity contribution in [2.24, 2.45) is 5.73 Å². The molecule has 1 aromatic carbocycles. The first-order chi connectivity index (χ1) is 8.81. The summed E-state index contributed by atoms with van der Waals surface area (Å²) >= 11 is 1.49. The maximum atomic E-state index is 13.8. The Hall–Kier alpha value is -1.79. The van der Waals surface area contributed by atoms with Gasteiger partial charge >= 0.3 is 0 Å². The highest BCUT2D eigenvalue weighted by molar-refractivity contribution is 7.15. The first-order valence-electron chi connectivity index (χ1n) is 5.57. The van der Waals surface area contributed by atoms with Gasteiger partial charge in [-0.25, -0.2) is 4.39 Å². The molecule has 6 heteroatoms. The van der Waals surface area contributed by atoms with Crippen molar-refractivity contribution in [2.75, 3.05) is 6.54 Å². The van der Waals surface area contributed by atoms with Crippen LogP contribution in [0.1, 0.15) is 5.69 Å². The lowest BCUT2D eigenvalue weighted by atomic mass is 10.2. The maximum Gasteiger partial charge on any atom is 0.216 e. The third-order valence-electron chi connectivity index (χ3n) is 2.74. The molecule has 0 atom stereocenters. The summed E-state index contributed by atoms with van der Waals surface area (Å²) in [7, 11) is 0. The summed E-state index contributed by atoms with van der Waals surface area (Å²) in [6.07, 6.45) is 0.722. The number of thiazole rings is 1. The molecule has 2 heterocycles. The number of aromatic nitrogens is 3. The molecule has 0 saturated carbocycles. The molecule has 0 aliphatic carbocycles. The molecule has 0 bridgehead atoms. The van der Waals surface area contributed by atoms with Crippen molar-refractivity contribution >= 4 is 16.3 Å². The molecule has 0 aliphatic heterocycles. The van der Waals surface area contributed by atoms with E-state index in [1.807, 2.05) is 9.78 Å². The van der Waals surface area contributed by atoms with E-state index in [9.17, 15) is 4.39 Å². The first kappa shape index (κ1) is 11.3. The van der Waals surface area contributed by atoms with Gasteiger partial charge in [0.05, 0.1) is 5.56 Å². The molecule has 92 valence electrons. The van der Waals surface area contributed by atoms with Crippen LogP contribution in [0, 0.1) is 5.82 Å². The number of nitrogens with two attached hydrogens (primary N) is 1. The second-order valence-electron chi connectivity index (χ2n) is 3.89. The molecular formula is C12H11FN4S. The zero-order chi connectivity index (χ0) is 12.5. The SMILES string of the molecule is NCCc1csc2nnc(-c3ccccc3F)n12. The fourth-order valence-corrected chi connectivity index (χ4v) is 2.78. The second-order valence-corrected chi connectivity index (χ2v) is 4.72. The van der Waals surface area contributed by atoms with Crippen molar-refractivity contribution in [3.8, 4) is 11.4 Å². The van der Waals surface area contributed by atoms with Crippen LogP contribution in [-0.4, -0.2) is 21.1 Å². The van der Waals surface area contributed by atoms with Crippen LogP contribution in [0.5, 0.6) is 0 Å². The van der Waals surface area contributed by atoms with Crippen LogP contribution < -0.4 is 5.73 Å². The maximum absolute atomic E-state index is 13.8. The van der Waals surface area contributed by atoms with Crippen molar-refractivity contribution in [1.29, 1.82) is 0 Å². The van der Waals surface area contributed by atoms with Gasteiger partial charge in [0.25, 0.3) is 0 Å². The predicted molar refractivity (Wildman–Crippen MR) is 69.0 cm³/mol. The Morgan fingerprint density at radius 2 is 2.11 bits per heavy atom. The molecule has 2 N–H and O–H groups in total. The molecule has 0 amide bonds. The Kier molecular flexibility index (Phi) is 2.81. The van der Waals surface area contributed by atoms with E-state index >= 15 is 0 Å². The number of rotatable bonds is 3. The lowest BCUT2D eigenvalue weighted by molar-refractivity contribution is 0.629. The van der Waals surface area contributed by atoms with Crippen molar-refractivity contribution in [1.82, 2.24) is 14.6 Å². The second kappa shape index (κ2) is 4.47. The van der Waals surface area contributed by atoms with Crippen LogP contribution in [0.25, 0.3) is 16.3 Å². The molecule has 0 aliphatic rings. The van der Waals surface area contributed by atoms with Crippen molar-refractivity contribution in [3.05, 3.63) is 41.2 Å². The van der Waals surface area contributed by atoms with Gasteiger partial charge in [-0.15, -0.1) is 21.5 Å². The van der Waals surface area contributed by atoms with Crippen LogP contribution in [-0.2, 0) is 6.42 Å². The minimum absolute atomic E-state index is 0.295. The van der Waals surface area contributed by atoms with Gasteiger partial charge in [-0.1, -0.05) is 12.1 Å². The summed E-state index contributed by atoms with van der Waals surface area (Å²) in [5, 5.41) is 10.1. The van der Waals surface area contributed by atoms with Crippen molar-refractivity contribution < 1.29 is 4.39 Å². The van der Waals surface area contributed by atoms with E-state index in [0.717, 1.165) is 17.1 Å². The third-order valence-corrected chi connectivity index (χ3v) is 3.60. The van der Waals surface area contributed by atoms with E-state index in [1.165, 1.54) is 17.4 Å². The Balaban J connectivity index is 2.23. The Bertz CT molecular complexity index is 688. The van der Waals surface area contributed by atoms with Crippen LogP contribution in [0.3, 0.4) is 0 Å². The minimum Gasteiger partial charge on any atom is -0.330 e. The van der Waals surface area contributed by atoms with Gasteiger partial charge in [0.2, 0.25) is 4.96 Å². The van der Waals surface area contributed by atoms with Gasteiger partial charge in [-0.3, -0.25) is 4.40 Å². The molecular weight excluding hydrogens is 251 g/mol. The molecule has 3 aromatic rings. The van der Waals surface area contributed by atoms with Crippen LogP contribution in [0.15, 0.2) is 29.6 Å². The third kappa shape index (κ3) is 1.70. The predicted octanol–water partition coefficient (Wildman–Crippen LogP) is 2.10. The summed E-state index contributed by atoms with van der Waals surface area (Å²) in [4.78, 5) is 0.761. The summed E-state index contributed by atoms with van der Waals surface area (Å²) in [6.45, 7) is 0.542. The molecule has 2 aromatic heterocycles. The van der Waals surface area contributed by atoms with E-state index in [0.29, 0.717) is 17.9 Å². The van der Waals surface area contributed by atoms with Gasteiger partial charge in [0, 0.05) is 17.5 Å². The highest BCUT2D eigenvalue weighted by atomic mass is 32.1. The molecule has 3 rings (SSSR count). The molecule has 0 spiro atoms. The fraction of sp³-hybridized carbons (Fsp3) is 0.167. The largest absolute Gasteiger partial charge is 0.330 e. The minimum atomic E-state index is -0.295. The standard InChI is InChI=1S/C12H11FN4S/c13-10-4-2-1-3-9(10)11-15-16-12-17(11)8(5-6-14)7-18-12/h1-4,7H,5-6,14H2. The normalized spacial score (nSPS) is 11.2. The lowest BCUT2D eigenvalue weighted by Crippen LogP contribution is -2.05. The first-order valence-corrected chi connectivity index (χ1v) is 6.45. The number of nitrogens with zero attached hydrogens (tertiary/aromatic N) is 3. The number of fused-ring (bicyclic) bond motifs is 1. The summed E-state index contributed by atoms with van der Waals surface area (Å²) in [5.41, 5.74) is 7.05. The van der Waals surface area contributed by atoms with Gasteiger partial charge < -0.3 is 5.73 Å². The zero-order valence-electron chi connectivity index (χ0n) is 9.51. The highest BCUT2D eigenvalue weighted by Crippen LogP contribution is 2.25. The summed E-state index contributed by atoms with van der Waals surface area (Å²) < 4.78 is 15.7. The Morgan fingerprint density at radius 1 is 1.28 bits per heavy atom. The lowest BCUT2D eigenvalue weighted by Gasteiger charge is -2.02. The number of halogens is 1. The average Bonchev–Trinajstić information content (AvgIpc) is 2.94. The van der Waals surface area contributed by atoms with Crippen LogP contribution in [0.2, 0.25) is 0 Å². The van der Waals surface area contributed by atoms with Crippen LogP contribution in [0.4, 0.5) is 4.39 Å². The van der Waals surface area contributed by atoms with E-state index < -0.39 is 0 Å². The molecule has 0 unspecified atom stereocenters. The quantitative estimate of drug-likeness (QED) is 0.786. The molecule has 0 fully saturated rings. The molecule has 18 heavy (non-hydrogen) atoms. The monoisotopic (exact) mass is 262 g/mol. The summed E-state index contributed by atoms with van der Waals surface area (Å²) in [6, 6.07) is 6.57. The van der Waals surface area contributed by atoms with Crippen LogP contribution >= 0.6 is 11.3 Å². The summed E-state index contributed by atoms with van der Waals surface area (Å²) in [5.74, 6) is 0.240. The smallest absolute Gasteiger partial charge is 0.216 e.